The second-order valence-electron chi connectivity index (χ2n) is 6.22. The summed E-state index contributed by atoms with van der Waals surface area (Å²) in [7, 11) is 0. The molecule has 0 spiro atoms. The fraction of sp³-hybridized carbons (Fsp3) is 0.0909. The minimum Gasteiger partial charge on any atom is -0.346 e. The number of halogens is 3. The summed E-state index contributed by atoms with van der Waals surface area (Å²) in [6, 6.07) is 14.1. The van der Waals surface area contributed by atoms with Gasteiger partial charge in [0.25, 0.3) is 0 Å². The lowest BCUT2D eigenvalue weighted by molar-refractivity contribution is -0.117. The van der Waals surface area contributed by atoms with E-state index in [1.54, 1.807) is 12.3 Å². The van der Waals surface area contributed by atoms with Crippen molar-refractivity contribution < 1.29 is 13.6 Å². The number of aromatic nitrogens is 1. The largest absolute Gasteiger partial charge is 0.346 e. The van der Waals surface area contributed by atoms with Gasteiger partial charge in [-0.05, 0) is 60.5 Å². The Morgan fingerprint density at radius 3 is 2.68 bits per heavy atom. The van der Waals surface area contributed by atoms with Gasteiger partial charge in [-0.2, -0.15) is 0 Å². The van der Waals surface area contributed by atoms with Gasteiger partial charge in [0.1, 0.15) is 16.8 Å². The van der Waals surface area contributed by atoms with E-state index in [2.05, 4.69) is 10.3 Å². The Morgan fingerprint density at radius 1 is 1.11 bits per heavy atom. The summed E-state index contributed by atoms with van der Waals surface area (Å²) in [6.07, 6.45) is 4.11. The monoisotopic (exact) mass is 398 g/mol. The fourth-order valence-corrected chi connectivity index (χ4v) is 2.80. The van der Waals surface area contributed by atoms with Crippen LogP contribution in [-0.4, -0.2) is 10.9 Å². The van der Waals surface area contributed by atoms with E-state index in [4.69, 9.17) is 11.6 Å². The number of pyridine rings is 1. The molecule has 1 heterocycles. The first kappa shape index (κ1) is 19.7. The molecule has 0 aliphatic heterocycles. The summed E-state index contributed by atoms with van der Waals surface area (Å²) in [5, 5.41) is 3.23. The first-order chi connectivity index (χ1) is 13.4. The fourth-order valence-electron chi connectivity index (χ4n) is 2.69. The SMILES string of the molecule is C[C@H](NC(=O)/C=C/c1cc(F)ccc1F)c1cccc(-c2ccc(Cl)nc2)c1. The number of carbonyl (C=O) groups excluding carboxylic acids is 1. The van der Waals surface area contributed by atoms with Crippen molar-refractivity contribution in [3.8, 4) is 11.1 Å². The zero-order chi connectivity index (χ0) is 20.1. The molecule has 0 unspecified atom stereocenters. The van der Waals surface area contributed by atoms with Gasteiger partial charge in [-0.25, -0.2) is 13.8 Å². The summed E-state index contributed by atoms with van der Waals surface area (Å²) in [5.74, 6) is -1.57. The van der Waals surface area contributed by atoms with Gasteiger partial charge in [0.05, 0.1) is 6.04 Å². The van der Waals surface area contributed by atoms with Crippen LogP contribution < -0.4 is 5.32 Å². The van der Waals surface area contributed by atoms with Crippen molar-refractivity contribution in [2.75, 3.05) is 0 Å². The van der Waals surface area contributed by atoms with Crippen molar-refractivity contribution in [2.24, 2.45) is 0 Å². The molecule has 3 rings (SSSR count). The molecule has 142 valence electrons. The summed E-state index contributed by atoms with van der Waals surface area (Å²) >= 11 is 5.82. The molecule has 1 aromatic heterocycles. The number of hydrogen-bond donors (Lipinski definition) is 1. The molecule has 1 atom stereocenters. The van der Waals surface area contributed by atoms with Crippen molar-refractivity contribution in [3.63, 3.8) is 0 Å². The molecule has 2 aromatic carbocycles. The highest BCUT2D eigenvalue weighted by atomic mass is 35.5. The van der Waals surface area contributed by atoms with Gasteiger partial charge >= 0.3 is 0 Å². The zero-order valence-electron chi connectivity index (χ0n) is 15.0. The summed E-state index contributed by atoms with van der Waals surface area (Å²) < 4.78 is 26.8. The Kier molecular flexibility index (Phi) is 6.16. The van der Waals surface area contributed by atoms with Crippen molar-refractivity contribution in [1.82, 2.24) is 10.3 Å². The van der Waals surface area contributed by atoms with Crippen LogP contribution in [0.15, 0.2) is 66.9 Å². The third-order valence-corrected chi connectivity index (χ3v) is 4.40. The molecule has 3 nitrogen and oxygen atoms in total. The highest BCUT2D eigenvalue weighted by Crippen LogP contribution is 2.23. The van der Waals surface area contributed by atoms with E-state index in [1.165, 1.54) is 12.2 Å². The number of carbonyl (C=O) groups is 1. The van der Waals surface area contributed by atoms with Gasteiger partial charge in [0, 0.05) is 23.4 Å². The van der Waals surface area contributed by atoms with Crippen LogP contribution >= 0.6 is 11.6 Å². The zero-order valence-corrected chi connectivity index (χ0v) is 15.8. The first-order valence-electron chi connectivity index (χ1n) is 8.58. The summed E-state index contributed by atoms with van der Waals surface area (Å²) in [6.45, 7) is 1.84. The standard InChI is InChI=1S/C22H17ClF2N2O/c1-14(27-22(28)10-6-17-12-19(24)7-8-20(17)25)15-3-2-4-16(11-15)18-5-9-21(23)26-13-18/h2-14H,1H3,(H,27,28)/b10-6+/t14-/m0/s1. The third-order valence-electron chi connectivity index (χ3n) is 4.18. The van der Waals surface area contributed by atoms with Gasteiger partial charge in [0.15, 0.2) is 0 Å². The lowest BCUT2D eigenvalue weighted by Gasteiger charge is -2.14. The number of benzene rings is 2. The second-order valence-corrected chi connectivity index (χ2v) is 6.61. The lowest BCUT2D eigenvalue weighted by atomic mass is 10.0. The van der Waals surface area contributed by atoms with Crippen LogP contribution in [-0.2, 0) is 4.79 Å². The predicted molar refractivity (Wildman–Crippen MR) is 107 cm³/mol. The van der Waals surface area contributed by atoms with E-state index < -0.39 is 17.5 Å². The lowest BCUT2D eigenvalue weighted by Crippen LogP contribution is -2.24. The third kappa shape index (κ3) is 5.02. The van der Waals surface area contributed by atoms with Gasteiger partial charge in [0.2, 0.25) is 5.91 Å². The Balaban J connectivity index is 1.70. The van der Waals surface area contributed by atoms with Crippen LogP contribution in [0.25, 0.3) is 17.2 Å². The Bertz CT molecular complexity index is 1020. The van der Waals surface area contributed by atoms with Gasteiger partial charge in [-0.3, -0.25) is 4.79 Å². The van der Waals surface area contributed by atoms with Crippen molar-refractivity contribution >= 4 is 23.6 Å². The molecule has 0 aliphatic rings. The molecule has 0 saturated carbocycles. The van der Waals surface area contributed by atoms with Gasteiger partial charge in [-0.1, -0.05) is 29.8 Å². The molecule has 6 heteroatoms. The molecule has 0 saturated heterocycles. The Hall–Kier alpha value is -3.05. The van der Waals surface area contributed by atoms with Crippen LogP contribution in [0.3, 0.4) is 0 Å². The summed E-state index contributed by atoms with van der Waals surface area (Å²) in [4.78, 5) is 16.2. The number of rotatable bonds is 5. The van der Waals surface area contributed by atoms with Gasteiger partial charge in [-0.15, -0.1) is 0 Å². The maximum absolute atomic E-state index is 13.6. The molecular weight excluding hydrogens is 382 g/mol. The van der Waals surface area contributed by atoms with E-state index in [-0.39, 0.29) is 11.6 Å². The highest BCUT2D eigenvalue weighted by molar-refractivity contribution is 6.29. The first-order valence-corrected chi connectivity index (χ1v) is 8.95. The van der Waals surface area contributed by atoms with E-state index in [0.717, 1.165) is 34.9 Å². The smallest absolute Gasteiger partial charge is 0.244 e. The number of amides is 1. The van der Waals surface area contributed by atoms with Crippen LogP contribution in [0, 0.1) is 11.6 Å². The molecule has 28 heavy (non-hydrogen) atoms. The molecule has 3 aromatic rings. The molecular formula is C22H17ClF2N2O. The number of nitrogens with one attached hydrogen (secondary N) is 1. The topological polar surface area (TPSA) is 42.0 Å². The van der Waals surface area contributed by atoms with Crippen molar-refractivity contribution in [2.45, 2.75) is 13.0 Å². The summed E-state index contributed by atoms with van der Waals surface area (Å²) in [5.41, 5.74) is 2.76. The van der Waals surface area contributed by atoms with E-state index in [0.29, 0.717) is 5.15 Å². The maximum atomic E-state index is 13.6. The van der Waals surface area contributed by atoms with E-state index in [1.807, 2.05) is 37.3 Å². The minimum atomic E-state index is -0.595. The molecule has 1 N–H and O–H groups in total. The Labute approximate surface area is 166 Å². The van der Waals surface area contributed by atoms with Crippen LogP contribution in [0.4, 0.5) is 8.78 Å². The Morgan fingerprint density at radius 2 is 1.93 bits per heavy atom. The minimum absolute atomic E-state index is 0.0139. The van der Waals surface area contributed by atoms with Crippen molar-refractivity contribution in [3.05, 3.63) is 94.8 Å². The van der Waals surface area contributed by atoms with Crippen LogP contribution in [0.1, 0.15) is 24.1 Å². The number of hydrogen-bond acceptors (Lipinski definition) is 2. The quantitative estimate of drug-likeness (QED) is 0.451. The van der Waals surface area contributed by atoms with Crippen LogP contribution in [0.2, 0.25) is 5.15 Å². The molecule has 0 aliphatic carbocycles. The molecule has 1 amide bonds. The molecule has 0 bridgehead atoms. The molecule has 0 fully saturated rings. The highest BCUT2D eigenvalue weighted by Gasteiger charge is 2.09. The van der Waals surface area contributed by atoms with Crippen LogP contribution in [0.5, 0.6) is 0 Å². The predicted octanol–water partition coefficient (Wildman–Crippen LogP) is 5.57. The van der Waals surface area contributed by atoms with E-state index in [9.17, 15) is 13.6 Å². The molecule has 0 radical (unpaired) electrons. The maximum Gasteiger partial charge on any atom is 0.244 e. The normalized spacial score (nSPS) is 12.1. The second kappa shape index (κ2) is 8.76. The average Bonchev–Trinajstić information content (AvgIpc) is 2.69. The van der Waals surface area contributed by atoms with E-state index >= 15 is 0 Å². The number of nitrogens with zero attached hydrogens (tertiary/aromatic N) is 1. The van der Waals surface area contributed by atoms with Crippen molar-refractivity contribution in [1.29, 1.82) is 0 Å². The van der Waals surface area contributed by atoms with Gasteiger partial charge < -0.3 is 5.32 Å². The average molecular weight is 399 g/mol.